The molecule has 4 aromatic rings. The Labute approximate surface area is 123 Å². The van der Waals surface area contributed by atoms with E-state index in [0.29, 0.717) is 0 Å². The van der Waals surface area contributed by atoms with E-state index in [1.54, 1.807) is 6.26 Å². The van der Waals surface area contributed by atoms with Crippen molar-refractivity contribution in [2.75, 3.05) is 0 Å². The Hall–Kier alpha value is -2.87. The Kier molecular flexibility index (Phi) is 4.08. The SMILES string of the molecule is c1ccc(-c2ccccc2)cc1.c1ccc2nocc2c1. The summed E-state index contributed by atoms with van der Waals surface area (Å²) in [6, 6.07) is 28.6. The molecule has 0 aliphatic carbocycles. The average Bonchev–Trinajstić information content (AvgIpc) is 3.06. The minimum Gasteiger partial charge on any atom is -0.364 e. The Morgan fingerprint density at radius 3 is 1.67 bits per heavy atom. The summed E-state index contributed by atoms with van der Waals surface area (Å²) < 4.78 is 4.71. The summed E-state index contributed by atoms with van der Waals surface area (Å²) in [5.41, 5.74) is 3.47. The van der Waals surface area contributed by atoms with Crippen molar-refractivity contribution in [2.45, 2.75) is 0 Å². The number of fused-ring (bicyclic) bond motifs is 1. The van der Waals surface area contributed by atoms with E-state index >= 15 is 0 Å². The van der Waals surface area contributed by atoms with Gasteiger partial charge in [-0.1, -0.05) is 78.0 Å². The third kappa shape index (κ3) is 3.37. The lowest BCUT2D eigenvalue weighted by molar-refractivity contribution is 0.428. The Bertz CT molecular complexity index is 724. The van der Waals surface area contributed by atoms with Crippen LogP contribution in [0.3, 0.4) is 0 Å². The first-order valence-electron chi connectivity index (χ1n) is 6.83. The molecule has 102 valence electrons. The van der Waals surface area contributed by atoms with E-state index in [0.717, 1.165) is 10.9 Å². The molecule has 0 spiro atoms. The Balaban J connectivity index is 0.000000131. The van der Waals surface area contributed by atoms with Crippen LogP contribution in [0.5, 0.6) is 0 Å². The summed E-state index contributed by atoms with van der Waals surface area (Å²) in [6.45, 7) is 0. The maximum atomic E-state index is 4.71. The molecule has 0 atom stereocenters. The maximum Gasteiger partial charge on any atom is 0.131 e. The molecule has 21 heavy (non-hydrogen) atoms. The molecule has 0 saturated heterocycles. The summed E-state index contributed by atoms with van der Waals surface area (Å²) in [4.78, 5) is 0. The van der Waals surface area contributed by atoms with Crippen LogP contribution in [0, 0.1) is 0 Å². The zero-order chi connectivity index (χ0) is 14.3. The first kappa shape index (κ1) is 13.1. The summed E-state index contributed by atoms with van der Waals surface area (Å²) in [6.07, 6.45) is 1.63. The van der Waals surface area contributed by atoms with Gasteiger partial charge in [-0.05, 0) is 23.3 Å². The number of rotatable bonds is 1. The van der Waals surface area contributed by atoms with Gasteiger partial charge in [-0.25, -0.2) is 0 Å². The number of benzene rings is 3. The monoisotopic (exact) mass is 273 g/mol. The van der Waals surface area contributed by atoms with Gasteiger partial charge in [0.1, 0.15) is 11.8 Å². The molecule has 0 radical (unpaired) electrons. The van der Waals surface area contributed by atoms with Crippen LogP contribution in [0.4, 0.5) is 0 Å². The van der Waals surface area contributed by atoms with Crippen molar-refractivity contribution in [1.29, 1.82) is 0 Å². The first-order chi connectivity index (χ1) is 10.4. The molecule has 0 fully saturated rings. The summed E-state index contributed by atoms with van der Waals surface area (Å²) in [5, 5.41) is 4.80. The fourth-order valence-electron chi connectivity index (χ4n) is 2.07. The lowest BCUT2D eigenvalue weighted by Gasteiger charge is -1.98. The van der Waals surface area contributed by atoms with Crippen molar-refractivity contribution in [3.63, 3.8) is 0 Å². The quantitative estimate of drug-likeness (QED) is 0.477. The second-order valence-electron chi connectivity index (χ2n) is 4.61. The van der Waals surface area contributed by atoms with Crippen LogP contribution in [0.1, 0.15) is 0 Å². The van der Waals surface area contributed by atoms with Gasteiger partial charge in [-0.2, -0.15) is 0 Å². The van der Waals surface area contributed by atoms with Crippen molar-refractivity contribution in [1.82, 2.24) is 5.16 Å². The van der Waals surface area contributed by atoms with E-state index in [4.69, 9.17) is 4.52 Å². The van der Waals surface area contributed by atoms with Gasteiger partial charge in [-0.15, -0.1) is 0 Å². The van der Waals surface area contributed by atoms with Crippen LogP contribution in [0.25, 0.3) is 22.0 Å². The third-order valence-corrected chi connectivity index (χ3v) is 3.15. The third-order valence-electron chi connectivity index (χ3n) is 3.15. The molecule has 0 aliphatic heterocycles. The normalized spacial score (nSPS) is 9.90. The highest BCUT2D eigenvalue weighted by atomic mass is 16.5. The molecule has 0 N–H and O–H groups in total. The molecule has 0 saturated carbocycles. The number of nitrogens with zero attached hydrogens (tertiary/aromatic N) is 1. The molecule has 3 aromatic carbocycles. The zero-order valence-corrected chi connectivity index (χ0v) is 11.5. The number of aromatic nitrogens is 1. The smallest absolute Gasteiger partial charge is 0.131 e. The van der Waals surface area contributed by atoms with Gasteiger partial charge in [0.05, 0.1) is 0 Å². The summed E-state index contributed by atoms with van der Waals surface area (Å²) in [7, 11) is 0. The molecule has 0 amide bonds. The van der Waals surface area contributed by atoms with Gasteiger partial charge in [0.2, 0.25) is 0 Å². The molecule has 4 rings (SSSR count). The van der Waals surface area contributed by atoms with E-state index in [2.05, 4.69) is 53.7 Å². The number of hydrogen-bond acceptors (Lipinski definition) is 2. The van der Waals surface area contributed by atoms with Crippen LogP contribution < -0.4 is 0 Å². The molecule has 1 heterocycles. The van der Waals surface area contributed by atoms with E-state index in [-0.39, 0.29) is 0 Å². The predicted octanol–water partition coefficient (Wildman–Crippen LogP) is 5.18. The van der Waals surface area contributed by atoms with Crippen LogP contribution in [0.2, 0.25) is 0 Å². The Morgan fingerprint density at radius 1 is 0.571 bits per heavy atom. The van der Waals surface area contributed by atoms with Gasteiger partial charge in [0.25, 0.3) is 0 Å². The summed E-state index contributed by atoms with van der Waals surface area (Å²) in [5.74, 6) is 0. The molecule has 2 heteroatoms. The topological polar surface area (TPSA) is 26.0 Å². The fraction of sp³-hybridized carbons (Fsp3) is 0. The van der Waals surface area contributed by atoms with Crippen LogP contribution in [0.15, 0.2) is 95.7 Å². The van der Waals surface area contributed by atoms with Gasteiger partial charge < -0.3 is 4.52 Å². The number of hydrogen-bond donors (Lipinski definition) is 0. The first-order valence-corrected chi connectivity index (χ1v) is 6.83. The van der Waals surface area contributed by atoms with E-state index in [1.165, 1.54) is 11.1 Å². The van der Waals surface area contributed by atoms with Gasteiger partial charge in [0, 0.05) is 5.39 Å². The van der Waals surface area contributed by atoms with Crippen molar-refractivity contribution >= 4 is 10.9 Å². The second kappa shape index (κ2) is 6.53. The molecular weight excluding hydrogens is 258 g/mol. The predicted molar refractivity (Wildman–Crippen MR) is 85.9 cm³/mol. The largest absolute Gasteiger partial charge is 0.364 e. The lowest BCUT2D eigenvalue weighted by Crippen LogP contribution is -1.73. The molecule has 0 unspecified atom stereocenters. The molecule has 0 bridgehead atoms. The average molecular weight is 273 g/mol. The van der Waals surface area contributed by atoms with Crippen molar-refractivity contribution < 1.29 is 4.52 Å². The van der Waals surface area contributed by atoms with Gasteiger partial charge >= 0.3 is 0 Å². The fourth-order valence-corrected chi connectivity index (χ4v) is 2.07. The lowest BCUT2D eigenvalue weighted by atomic mass is 10.1. The molecular formula is C19H15NO. The minimum absolute atomic E-state index is 0.914. The van der Waals surface area contributed by atoms with Crippen molar-refractivity contribution in [2.24, 2.45) is 0 Å². The summed E-state index contributed by atoms with van der Waals surface area (Å²) >= 11 is 0. The highest BCUT2D eigenvalue weighted by Gasteiger charge is 1.92. The molecule has 0 aliphatic rings. The van der Waals surface area contributed by atoms with Gasteiger partial charge in [-0.3, -0.25) is 0 Å². The highest BCUT2D eigenvalue weighted by Crippen LogP contribution is 2.17. The zero-order valence-electron chi connectivity index (χ0n) is 11.5. The van der Waals surface area contributed by atoms with E-state index in [9.17, 15) is 0 Å². The van der Waals surface area contributed by atoms with Gasteiger partial charge in [0.15, 0.2) is 0 Å². The minimum atomic E-state index is 0.914. The van der Waals surface area contributed by atoms with E-state index in [1.807, 2.05) is 36.4 Å². The highest BCUT2D eigenvalue weighted by molar-refractivity contribution is 5.76. The molecule has 2 nitrogen and oxygen atoms in total. The van der Waals surface area contributed by atoms with Crippen LogP contribution >= 0.6 is 0 Å². The van der Waals surface area contributed by atoms with Crippen LogP contribution in [-0.4, -0.2) is 5.16 Å². The maximum absolute atomic E-state index is 4.71. The van der Waals surface area contributed by atoms with Crippen molar-refractivity contribution in [3.05, 3.63) is 91.2 Å². The van der Waals surface area contributed by atoms with Crippen molar-refractivity contribution in [3.8, 4) is 11.1 Å². The standard InChI is InChI=1S/C12H10.C7H5NO/c1-3-7-11(8-4-1)12-9-5-2-6-10-12;1-2-4-7-6(3-1)5-9-8-7/h1-10H;1-5H. The van der Waals surface area contributed by atoms with Crippen LogP contribution in [-0.2, 0) is 0 Å². The second-order valence-corrected chi connectivity index (χ2v) is 4.61. The van der Waals surface area contributed by atoms with E-state index < -0.39 is 0 Å². The Morgan fingerprint density at radius 2 is 1.10 bits per heavy atom. The molecule has 1 aromatic heterocycles.